The molecular weight excluding hydrogens is 278 g/mol. The molecule has 17 heavy (non-hydrogen) atoms. The van der Waals surface area contributed by atoms with E-state index in [9.17, 15) is 4.79 Å². The van der Waals surface area contributed by atoms with Gasteiger partial charge in [-0.25, -0.2) is 0 Å². The standard InChI is InChI=1S/C14H20BrNO/c1-13(15)8-16(12(13)17)14-5-9-2-10(6-14)4-11(3-9)7-14/h9-11H,2-8H2,1H3/t9?,10?,11?,13-,14?/m1/s1. The maximum absolute atomic E-state index is 12.3. The van der Waals surface area contributed by atoms with Gasteiger partial charge >= 0.3 is 0 Å². The third-order valence-corrected chi connectivity index (χ3v) is 6.31. The zero-order valence-corrected chi connectivity index (χ0v) is 12.0. The lowest BCUT2D eigenvalue weighted by Crippen LogP contribution is -2.73. The maximum Gasteiger partial charge on any atom is 0.241 e. The van der Waals surface area contributed by atoms with Crippen molar-refractivity contribution >= 4 is 21.8 Å². The molecule has 94 valence electrons. The molecule has 0 N–H and O–H groups in total. The minimum atomic E-state index is -0.254. The number of hydrogen-bond acceptors (Lipinski definition) is 1. The van der Waals surface area contributed by atoms with Gasteiger partial charge in [0.2, 0.25) is 5.91 Å². The van der Waals surface area contributed by atoms with Gasteiger partial charge in [0.15, 0.2) is 0 Å². The SMILES string of the molecule is C[C@@]1(Br)CN(C23CC4CC(CC(C4)C2)C3)C1=O. The van der Waals surface area contributed by atoms with Crippen LogP contribution >= 0.6 is 15.9 Å². The van der Waals surface area contributed by atoms with Crippen molar-refractivity contribution < 1.29 is 4.79 Å². The van der Waals surface area contributed by atoms with Crippen LogP contribution in [-0.2, 0) is 4.79 Å². The molecule has 4 saturated carbocycles. The van der Waals surface area contributed by atoms with Crippen molar-refractivity contribution in [2.45, 2.75) is 55.3 Å². The highest BCUT2D eigenvalue weighted by molar-refractivity contribution is 9.10. The summed E-state index contributed by atoms with van der Waals surface area (Å²) in [7, 11) is 0. The highest BCUT2D eigenvalue weighted by atomic mass is 79.9. The first kappa shape index (κ1) is 10.8. The number of hydrogen-bond donors (Lipinski definition) is 0. The number of carbonyl (C=O) groups is 1. The smallest absolute Gasteiger partial charge is 0.241 e. The van der Waals surface area contributed by atoms with E-state index in [1.54, 1.807) is 0 Å². The largest absolute Gasteiger partial charge is 0.334 e. The lowest BCUT2D eigenvalue weighted by Gasteiger charge is -2.64. The van der Waals surface area contributed by atoms with Crippen LogP contribution in [0.15, 0.2) is 0 Å². The van der Waals surface area contributed by atoms with Crippen molar-refractivity contribution in [3.8, 4) is 0 Å². The van der Waals surface area contributed by atoms with E-state index < -0.39 is 0 Å². The number of carbonyl (C=O) groups excluding carboxylic acids is 1. The van der Waals surface area contributed by atoms with E-state index in [2.05, 4.69) is 20.8 Å². The zero-order valence-electron chi connectivity index (χ0n) is 10.4. The van der Waals surface area contributed by atoms with Gasteiger partial charge in [-0.1, -0.05) is 15.9 Å². The number of halogens is 1. The quantitative estimate of drug-likeness (QED) is 0.538. The molecule has 3 heteroatoms. The Labute approximate surface area is 111 Å². The van der Waals surface area contributed by atoms with Gasteiger partial charge in [0.1, 0.15) is 4.32 Å². The Bertz CT molecular complexity index is 354. The van der Waals surface area contributed by atoms with Crippen LogP contribution in [0, 0.1) is 17.8 Å². The molecule has 1 saturated heterocycles. The molecular formula is C14H20BrNO. The van der Waals surface area contributed by atoms with Crippen LogP contribution in [0.5, 0.6) is 0 Å². The fourth-order valence-electron chi connectivity index (χ4n) is 5.41. The van der Waals surface area contributed by atoms with E-state index in [-0.39, 0.29) is 9.86 Å². The van der Waals surface area contributed by atoms with E-state index in [1.165, 1.54) is 38.5 Å². The summed E-state index contributed by atoms with van der Waals surface area (Å²) in [5.41, 5.74) is 0.277. The van der Waals surface area contributed by atoms with Gasteiger partial charge in [0.05, 0.1) is 0 Å². The third kappa shape index (κ3) is 1.35. The molecule has 5 aliphatic rings. The molecule has 1 aliphatic heterocycles. The van der Waals surface area contributed by atoms with Crippen molar-refractivity contribution in [3.63, 3.8) is 0 Å². The predicted molar refractivity (Wildman–Crippen MR) is 69.9 cm³/mol. The molecule has 4 aliphatic carbocycles. The van der Waals surface area contributed by atoms with Crippen molar-refractivity contribution in [3.05, 3.63) is 0 Å². The van der Waals surface area contributed by atoms with Gasteiger partial charge in [-0.3, -0.25) is 4.79 Å². The molecule has 5 rings (SSSR count). The minimum absolute atomic E-state index is 0.254. The van der Waals surface area contributed by atoms with E-state index in [0.29, 0.717) is 5.91 Å². The topological polar surface area (TPSA) is 20.3 Å². The average Bonchev–Trinajstić information content (AvgIpc) is 2.24. The first-order valence-electron chi connectivity index (χ1n) is 6.99. The molecule has 0 spiro atoms. The van der Waals surface area contributed by atoms with Gasteiger partial charge in [-0.2, -0.15) is 0 Å². The monoisotopic (exact) mass is 297 g/mol. The van der Waals surface area contributed by atoms with Crippen molar-refractivity contribution in [2.75, 3.05) is 6.54 Å². The van der Waals surface area contributed by atoms with Crippen LogP contribution in [0.4, 0.5) is 0 Å². The first-order valence-corrected chi connectivity index (χ1v) is 7.79. The lowest BCUT2D eigenvalue weighted by atomic mass is 9.52. The van der Waals surface area contributed by atoms with Crippen molar-refractivity contribution in [1.29, 1.82) is 0 Å². The fraction of sp³-hybridized carbons (Fsp3) is 0.929. The molecule has 0 radical (unpaired) electrons. The molecule has 1 atom stereocenters. The number of rotatable bonds is 1. The van der Waals surface area contributed by atoms with Crippen LogP contribution < -0.4 is 0 Å². The first-order chi connectivity index (χ1) is 7.98. The highest BCUT2D eigenvalue weighted by Crippen LogP contribution is 2.59. The summed E-state index contributed by atoms with van der Waals surface area (Å²) in [6.45, 7) is 2.95. The maximum atomic E-state index is 12.3. The second-order valence-corrected chi connectivity index (χ2v) is 8.98. The van der Waals surface area contributed by atoms with Crippen molar-refractivity contribution in [2.24, 2.45) is 17.8 Å². The van der Waals surface area contributed by atoms with Crippen LogP contribution in [0.3, 0.4) is 0 Å². The summed E-state index contributed by atoms with van der Waals surface area (Å²) in [5.74, 6) is 3.13. The van der Waals surface area contributed by atoms with Gasteiger partial charge in [0, 0.05) is 12.1 Å². The van der Waals surface area contributed by atoms with Gasteiger partial charge in [-0.15, -0.1) is 0 Å². The summed E-state index contributed by atoms with van der Waals surface area (Å²) < 4.78 is -0.254. The molecule has 0 unspecified atom stereocenters. The molecule has 0 aromatic carbocycles. The Morgan fingerprint density at radius 1 is 1.12 bits per heavy atom. The van der Waals surface area contributed by atoms with E-state index in [0.717, 1.165) is 24.3 Å². The normalized spacial score (nSPS) is 56.2. The van der Waals surface area contributed by atoms with Gasteiger partial charge < -0.3 is 4.90 Å². The van der Waals surface area contributed by atoms with Crippen LogP contribution in [0.2, 0.25) is 0 Å². The number of nitrogens with zero attached hydrogens (tertiary/aromatic N) is 1. The van der Waals surface area contributed by atoms with Crippen LogP contribution in [-0.4, -0.2) is 27.2 Å². The second kappa shape index (κ2) is 3.09. The van der Waals surface area contributed by atoms with Gasteiger partial charge in [0.25, 0.3) is 0 Å². The number of likely N-dealkylation sites (tertiary alicyclic amines) is 1. The summed E-state index contributed by atoms with van der Waals surface area (Å²) in [6.07, 6.45) is 8.25. The van der Waals surface area contributed by atoms with Crippen molar-refractivity contribution in [1.82, 2.24) is 4.90 Å². The number of β-lactam (4-membered cyclic amide) rings is 1. The summed E-state index contributed by atoms with van der Waals surface area (Å²) in [6, 6.07) is 0. The minimum Gasteiger partial charge on any atom is -0.334 e. The van der Waals surface area contributed by atoms with Gasteiger partial charge in [-0.05, 0) is 63.2 Å². The Morgan fingerprint density at radius 3 is 1.94 bits per heavy atom. The number of amides is 1. The Hall–Kier alpha value is -0.0500. The molecule has 5 fully saturated rings. The summed E-state index contributed by atoms with van der Waals surface area (Å²) >= 11 is 3.56. The summed E-state index contributed by atoms with van der Waals surface area (Å²) in [4.78, 5) is 14.5. The molecule has 1 amide bonds. The van der Waals surface area contributed by atoms with E-state index in [4.69, 9.17) is 0 Å². The zero-order chi connectivity index (χ0) is 11.8. The van der Waals surface area contributed by atoms with Crippen LogP contribution in [0.1, 0.15) is 45.4 Å². The average molecular weight is 298 g/mol. The molecule has 1 heterocycles. The Morgan fingerprint density at radius 2 is 1.59 bits per heavy atom. The third-order valence-electron chi connectivity index (χ3n) is 5.72. The molecule has 0 aromatic heterocycles. The number of alkyl halides is 1. The molecule has 4 bridgehead atoms. The Kier molecular flexibility index (Phi) is 1.97. The molecule has 0 aromatic rings. The molecule has 2 nitrogen and oxygen atoms in total. The van der Waals surface area contributed by atoms with Crippen LogP contribution in [0.25, 0.3) is 0 Å². The predicted octanol–water partition coefficient (Wildman–Crippen LogP) is 2.95. The second-order valence-electron chi connectivity index (χ2n) is 7.23. The van der Waals surface area contributed by atoms with E-state index in [1.807, 2.05) is 6.92 Å². The summed E-state index contributed by atoms with van der Waals surface area (Å²) in [5, 5.41) is 0. The Balaban J connectivity index is 1.64. The fourth-order valence-corrected chi connectivity index (χ4v) is 5.87. The van der Waals surface area contributed by atoms with E-state index >= 15 is 0 Å². The highest BCUT2D eigenvalue weighted by Gasteiger charge is 2.60. The lowest BCUT2D eigenvalue weighted by molar-refractivity contribution is -0.168.